The van der Waals surface area contributed by atoms with Gasteiger partial charge in [-0.2, -0.15) is 0 Å². The van der Waals surface area contributed by atoms with Crippen molar-refractivity contribution >= 4 is 35.9 Å². The molecular weight excluding hydrogens is 522 g/mol. The number of carbonyl (C=O) groups is 4. The molecule has 0 atom stereocenters. The van der Waals surface area contributed by atoms with Gasteiger partial charge in [0.2, 0.25) is 5.91 Å². The number of nitrogens with zero attached hydrogens (tertiary/aromatic N) is 2. The van der Waals surface area contributed by atoms with E-state index in [4.69, 9.17) is 19.8 Å². The zero-order chi connectivity index (χ0) is 29.2. The van der Waals surface area contributed by atoms with E-state index in [-0.39, 0.29) is 17.9 Å². The van der Waals surface area contributed by atoms with Gasteiger partial charge in [0, 0.05) is 38.2 Å². The van der Waals surface area contributed by atoms with Crippen LogP contribution in [0.4, 0.5) is 0 Å². The molecule has 1 aliphatic carbocycles. The number of fused-ring (bicyclic) bond motifs is 2. The summed E-state index contributed by atoms with van der Waals surface area (Å²) in [6, 6.07) is 25.8. The Labute approximate surface area is 238 Å². The minimum absolute atomic E-state index is 0.0689. The highest BCUT2D eigenvalue weighted by Crippen LogP contribution is 2.32. The summed E-state index contributed by atoms with van der Waals surface area (Å²) in [6.07, 6.45) is 5.54. The quantitative estimate of drug-likeness (QED) is 0.395. The number of piperazine rings is 1. The number of carbonyl (C=O) groups excluding carboxylic acids is 2. The molecule has 0 unspecified atom stereocenters. The lowest BCUT2D eigenvalue weighted by molar-refractivity contribution is -0.159. The van der Waals surface area contributed by atoms with Crippen LogP contribution in [0.25, 0.3) is 12.2 Å². The Balaban J connectivity index is 0.000000585. The molecule has 41 heavy (non-hydrogen) atoms. The first-order valence-corrected chi connectivity index (χ1v) is 13.5. The lowest BCUT2D eigenvalue weighted by Crippen LogP contribution is -2.48. The molecule has 0 bridgehead atoms. The van der Waals surface area contributed by atoms with Crippen LogP contribution in [0.5, 0.6) is 0 Å². The van der Waals surface area contributed by atoms with Gasteiger partial charge in [-0.25, -0.2) is 9.59 Å². The summed E-state index contributed by atoms with van der Waals surface area (Å²) in [4.78, 5) is 48.1. The molecule has 0 saturated carbocycles. The van der Waals surface area contributed by atoms with Gasteiger partial charge in [0.15, 0.2) is 0 Å². The second-order valence-electron chi connectivity index (χ2n) is 9.81. The number of carboxylic acids is 2. The Bertz CT molecular complexity index is 1350. The molecule has 0 spiro atoms. The van der Waals surface area contributed by atoms with Gasteiger partial charge in [-0.15, -0.1) is 0 Å². The van der Waals surface area contributed by atoms with E-state index >= 15 is 0 Å². The van der Waals surface area contributed by atoms with Gasteiger partial charge in [0.1, 0.15) is 0 Å². The van der Waals surface area contributed by atoms with Gasteiger partial charge in [-0.05, 0) is 47.4 Å². The Morgan fingerprint density at radius 2 is 1.22 bits per heavy atom. The molecular formula is C32H33N3O6. The molecule has 3 aromatic carbocycles. The SMILES string of the molecule is O=C(CCCN1CCN(C(=O)c2ccccc2)CC1)NC1c2ccccc2C=Cc2ccccc21.O=C(O)C(=O)O. The summed E-state index contributed by atoms with van der Waals surface area (Å²) in [5.74, 6) is -3.48. The summed E-state index contributed by atoms with van der Waals surface area (Å²) >= 11 is 0. The van der Waals surface area contributed by atoms with Crippen LogP contribution in [0.2, 0.25) is 0 Å². The van der Waals surface area contributed by atoms with Crippen molar-refractivity contribution in [2.75, 3.05) is 32.7 Å². The highest BCUT2D eigenvalue weighted by Gasteiger charge is 2.24. The van der Waals surface area contributed by atoms with Gasteiger partial charge in [0.05, 0.1) is 6.04 Å². The van der Waals surface area contributed by atoms with E-state index in [1.165, 1.54) is 0 Å². The van der Waals surface area contributed by atoms with Crippen LogP contribution in [0.15, 0.2) is 78.9 Å². The van der Waals surface area contributed by atoms with E-state index in [1.54, 1.807) is 0 Å². The van der Waals surface area contributed by atoms with E-state index < -0.39 is 11.9 Å². The summed E-state index contributed by atoms with van der Waals surface area (Å²) in [6.45, 7) is 4.00. The molecule has 212 valence electrons. The Morgan fingerprint density at radius 1 is 0.707 bits per heavy atom. The average molecular weight is 556 g/mol. The van der Waals surface area contributed by atoms with Gasteiger partial charge in [0.25, 0.3) is 5.91 Å². The molecule has 1 aliphatic heterocycles. The van der Waals surface area contributed by atoms with Crippen LogP contribution in [0, 0.1) is 0 Å². The van der Waals surface area contributed by atoms with Crippen LogP contribution >= 0.6 is 0 Å². The molecule has 5 rings (SSSR count). The van der Waals surface area contributed by atoms with Gasteiger partial charge in [-0.1, -0.05) is 78.9 Å². The zero-order valence-corrected chi connectivity index (χ0v) is 22.6. The third-order valence-corrected chi connectivity index (χ3v) is 7.10. The maximum Gasteiger partial charge on any atom is 0.414 e. The third kappa shape index (κ3) is 7.89. The van der Waals surface area contributed by atoms with Gasteiger partial charge >= 0.3 is 11.9 Å². The highest BCUT2D eigenvalue weighted by molar-refractivity contribution is 6.27. The minimum Gasteiger partial charge on any atom is -0.473 e. The van der Waals surface area contributed by atoms with E-state index in [1.807, 2.05) is 59.5 Å². The molecule has 9 nitrogen and oxygen atoms in total. The number of hydrogen-bond donors (Lipinski definition) is 3. The topological polar surface area (TPSA) is 127 Å². The number of nitrogens with one attached hydrogen (secondary N) is 1. The van der Waals surface area contributed by atoms with Crippen LogP contribution in [0.1, 0.15) is 51.5 Å². The maximum atomic E-state index is 13.0. The number of hydrogen-bond acceptors (Lipinski definition) is 5. The number of benzene rings is 3. The van der Waals surface area contributed by atoms with Crippen molar-refractivity contribution in [3.63, 3.8) is 0 Å². The van der Waals surface area contributed by atoms with Crippen molar-refractivity contribution in [2.45, 2.75) is 18.9 Å². The molecule has 1 heterocycles. The van der Waals surface area contributed by atoms with Crippen molar-refractivity contribution in [2.24, 2.45) is 0 Å². The predicted molar refractivity (Wildman–Crippen MR) is 155 cm³/mol. The van der Waals surface area contributed by atoms with Gasteiger partial charge < -0.3 is 20.4 Å². The molecule has 0 aromatic heterocycles. The van der Waals surface area contributed by atoms with Crippen LogP contribution in [-0.4, -0.2) is 76.5 Å². The number of amides is 2. The number of rotatable bonds is 6. The molecule has 0 radical (unpaired) electrons. The Kier molecular flexibility index (Phi) is 10.0. The molecule has 3 aromatic rings. The standard InChI is InChI=1S/C30H31N3O2.C2H2O4/c34-28(15-8-18-32-19-21-33(22-20-32)30(35)25-11-2-1-3-12-25)31-29-26-13-6-4-9-23(26)16-17-24-10-5-7-14-27(24)29;3-1(4)2(5)6/h1-7,9-14,16-17,29H,8,15,18-22H2,(H,31,34);(H,3,4)(H,5,6). The fourth-order valence-corrected chi connectivity index (χ4v) is 4.99. The van der Waals surface area contributed by atoms with Crippen molar-refractivity contribution in [3.8, 4) is 0 Å². The summed E-state index contributed by atoms with van der Waals surface area (Å²) < 4.78 is 0. The summed E-state index contributed by atoms with van der Waals surface area (Å²) in [7, 11) is 0. The fraction of sp³-hybridized carbons (Fsp3) is 0.250. The monoisotopic (exact) mass is 555 g/mol. The lowest BCUT2D eigenvalue weighted by atomic mass is 9.94. The van der Waals surface area contributed by atoms with Crippen LogP contribution < -0.4 is 5.32 Å². The molecule has 2 amide bonds. The Morgan fingerprint density at radius 3 is 1.76 bits per heavy atom. The number of carboxylic acid groups (broad SMARTS) is 2. The van der Waals surface area contributed by atoms with Crippen molar-refractivity contribution in [1.82, 2.24) is 15.1 Å². The second kappa shape index (κ2) is 14.0. The number of aliphatic carboxylic acids is 2. The van der Waals surface area contributed by atoms with Crippen LogP contribution in [0.3, 0.4) is 0 Å². The smallest absolute Gasteiger partial charge is 0.414 e. The van der Waals surface area contributed by atoms with E-state index in [0.29, 0.717) is 6.42 Å². The van der Waals surface area contributed by atoms with Crippen molar-refractivity contribution < 1.29 is 29.4 Å². The minimum atomic E-state index is -1.82. The second-order valence-corrected chi connectivity index (χ2v) is 9.81. The first kappa shape index (κ1) is 29.2. The largest absolute Gasteiger partial charge is 0.473 e. The van der Waals surface area contributed by atoms with E-state index in [2.05, 4.69) is 46.6 Å². The third-order valence-electron chi connectivity index (χ3n) is 7.10. The zero-order valence-electron chi connectivity index (χ0n) is 22.6. The molecule has 9 heteroatoms. The molecule has 2 aliphatic rings. The average Bonchev–Trinajstić information content (AvgIpc) is 3.15. The summed E-state index contributed by atoms with van der Waals surface area (Å²) in [5, 5.41) is 18.1. The molecule has 3 N–H and O–H groups in total. The summed E-state index contributed by atoms with van der Waals surface area (Å²) in [5.41, 5.74) is 5.27. The Hall–Kier alpha value is -4.76. The maximum absolute atomic E-state index is 13.0. The van der Waals surface area contributed by atoms with Crippen LogP contribution in [-0.2, 0) is 14.4 Å². The molecule has 1 fully saturated rings. The fourth-order valence-electron chi connectivity index (χ4n) is 4.99. The predicted octanol–water partition coefficient (Wildman–Crippen LogP) is 3.77. The van der Waals surface area contributed by atoms with Gasteiger partial charge in [-0.3, -0.25) is 14.5 Å². The van der Waals surface area contributed by atoms with Crippen molar-refractivity contribution in [1.29, 1.82) is 0 Å². The first-order valence-electron chi connectivity index (χ1n) is 13.5. The molecule has 1 saturated heterocycles. The van der Waals surface area contributed by atoms with E-state index in [0.717, 1.165) is 67.0 Å². The normalized spacial score (nSPS) is 14.5. The first-order chi connectivity index (χ1) is 19.8. The highest BCUT2D eigenvalue weighted by atomic mass is 16.4. The van der Waals surface area contributed by atoms with Crippen molar-refractivity contribution in [3.05, 3.63) is 107 Å². The lowest BCUT2D eigenvalue weighted by Gasteiger charge is -2.34. The van der Waals surface area contributed by atoms with E-state index in [9.17, 15) is 9.59 Å².